The predicted octanol–water partition coefficient (Wildman–Crippen LogP) is 3.19. The minimum atomic E-state index is 0.461. The molecule has 17 heavy (non-hydrogen) atoms. The summed E-state index contributed by atoms with van der Waals surface area (Å²) < 4.78 is 0. The van der Waals surface area contributed by atoms with Crippen molar-refractivity contribution in [3.8, 4) is 0 Å². The average molecular weight is 270 g/mol. The molecular formula is C13H22N2S2. The SMILES string of the molecule is NNC(CCc1cccs1)CSC1CCCC1. The van der Waals surface area contributed by atoms with Crippen LogP contribution in [0.4, 0.5) is 0 Å². The first-order valence-corrected chi connectivity index (χ1v) is 8.41. The second kappa shape index (κ2) is 7.41. The molecule has 1 aromatic heterocycles. The van der Waals surface area contributed by atoms with Crippen molar-refractivity contribution in [3.05, 3.63) is 22.4 Å². The maximum Gasteiger partial charge on any atom is 0.0304 e. The fourth-order valence-corrected chi connectivity index (χ4v) is 4.45. The van der Waals surface area contributed by atoms with E-state index >= 15 is 0 Å². The Balaban J connectivity index is 1.65. The molecule has 0 radical (unpaired) electrons. The number of nitrogens with one attached hydrogen (secondary N) is 1. The van der Waals surface area contributed by atoms with E-state index in [4.69, 9.17) is 5.84 Å². The Morgan fingerprint density at radius 2 is 2.29 bits per heavy atom. The Kier molecular flexibility index (Phi) is 5.85. The van der Waals surface area contributed by atoms with Gasteiger partial charge in [-0.05, 0) is 37.1 Å². The summed E-state index contributed by atoms with van der Waals surface area (Å²) in [5.41, 5.74) is 2.97. The summed E-state index contributed by atoms with van der Waals surface area (Å²) in [4.78, 5) is 1.47. The molecule has 0 aliphatic heterocycles. The summed E-state index contributed by atoms with van der Waals surface area (Å²) >= 11 is 3.96. The quantitative estimate of drug-likeness (QED) is 0.590. The molecule has 0 spiro atoms. The van der Waals surface area contributed by atoms with Crippen molar-refractivity contribution in [2.45, 2.75) is 49.8 Å². The van der Waals surface area contributed by atoms with Gasteiger partial charge in [0.05, 0.1) is 0 Å². The number of hydrogen-bond donors (Lipinski definition) is 2. The Morgan fingerprint density at radius 1 is 1.47 bits per heavy atom. The van der Waals surface area contributed by atoms with Crippen molar-refractivity contribution in [1.82, 2.24) is 5.43 Å². The third kappa shape index (κ3) is 4.62. The van der Waals surface area contributed by atoms with E-state index in [0.29, 0.717) is 6.04 Å². The van der Waals surface area contributed by atoms with Gasteiger partial charge in [0.2, 0.25) is 0 Å². The summed E-state index contributed by atoms with van der Waals surface area (Å²) in [7, 11) is 0. The highest BCUT2D eigenvalue weighted by atomic mass is 32.2. The number of hydrogen-bond acceptors (Lipinski definition) is 4. The van der Waals surface area contributed by atoms with Crippen LogP contribution in [0.2, 0.25) is 0 Å². The molecule has 3 N–H and O–H groups in total. The fraction of sp³-hybridized carbons (Fsp3) is 0.692. The van der Waals surface area contributed by atoms with Gasteiger partial charge in [-0.2, -0.15) is 11.8 Å². The van der Waals surface area contributed by atoms with E-state index in [1.807, 2.05) is 11.3 Å². The van der Waals surface area contributed by atoms with Crippen LogP contribution in [0.15, 0.2) is 17.5 Å². The van der Waals surface area contributed by atoms with Gasteiger partial charge in [0.25, 0.3) is 0 Å². The summed E-state index contributed by atoms with van der Waals surface area (Å²) in [6.45, 7) is 0. The third-order valence-corrected chi connectivity index (χ3v) is 5.86. The smallest absolute Gasteiger partial charge is 0.0304 e. The van der Waals surface area contributed by atoms with Gasteiger partial charge in [0.1, 0.15) is 0 Å². The van der Waals surface area contributed by atoms with Crippen molar-refractivity contribution < 1.29 is 0 Å². The zero-order valence-corrected chi connectivity index (χ0v) is 11.9. The zero-order chi connectivity index (χ0) is 11.9. The zero-order valence-electron chi connectivity index (χ0n) is 10.2. The van der Waals surface area contributed by atoms with E-state index in [2.05, 4.69) is 34.7 Å². The van der Waals surface area contributed by atoms with Crippen LogP contribution in [-0.2, 0) is 6.42 Å². The molecule has 1 aliphatic carbocycles. The maximum atomic E-state index is 5.64. The Morgan fingerprint density at radius 3 is 2.94 bits per heavy atom. The third-order valence-electron chi connectivity index (χ3n) is 3.39. The van der Waals surface area contributed by atoms with Crippen LogP contribution in [0.1, 0.15) is 37.0 Å². The molecule has 1 unspecified atom stereocenters. The van der Waals surface area contributed by atoms with Crippen molar-refractivity contribution in [2.75, 3.05) is 5.75 Å². The Bertz CT molecular complexity index is 294. The lowest BCUT2D eigenvalue weighted by atomic mass is 10.2. The van der Waals surface area contributed by atoms with Gasteiger partial charge in [-0.15, -0.1) is 11.3 Å². The lowest BCUT2D eigenvalue weighted by molar-refractivity contribution is 0.540. The molecule has 0 saturated heterocycles. The number of thiophene rings is 1. The highest BCUT2D eigenvalue weighted by Crippen LogP contribution is 2.30. The molecule has 1 aromatic rings. The largest absolute Gasteiger partial charge is 0.271 e. The maximum absolute atomic E-state index is 5.64. The molecular weight excluding hydrogens is 248 g/mol. The molecule has 1 heterocycles. The molecule has 0 amide bonds. The molecule has 0 bridgehead atoms. The lowest BCUT2D eigenvalue weighted by Crippen LogP contribution is -2.37. The second-order valence-electron chi connectivity index (χ2n) is 4.72. The normalized spacial score (nSPS) is 18.6. The van der Waals surface area contributed by atoms with Crippen LogP contribution in [0.25, 0.3) is 0 Å². The van der Waals surface area contributed by atoms with E-state index in [0.717, 1.165) is 23.8 Å². The molecule has 0 aromatic carbocycles. The monoisotopic (exact) mass is 270 g/mol. The number of aryl methyl sites for hydroxylation is 1. The van der Waals surface area contributed by atoms with Crippen LogP contribution in [0, 0.1) is 0 Å². The predicted molar refractivity (Wildman–Crippen MR) is 78.5 cm³/mol. The van der Waals surface area contributed by atoms with Crippen molar-refractivity contribution in [3.63, 3.8) is 0 Å². The van der Waals surface area contributed by atoms with E-state index in [-0.39, 0.29) is 0 Å². The minimum absolute atomic E-state index is 0.461. The number of nitrogens with two attached hydrogens (primary N) is 1. The topological polar surface area (TPSA) is 38.0 Å². The van der Waals surface area contributed by atoms with Gasteiger partial charge in [0.15, 0.2) is 0 Å². The number of hydrazine groups is 1. The van der Waals surface area contributed by atoms with Crippen molar-refractivity contribution in [1.29, 1.82) is 0 Å². The highest BCUT2D eigenvalue weighted by Gasteiger charge is 2.17. The molecule has 1 fully saturated rings. The molecule has 4 heteroatoms. The van der Waals surface area contributed by atoms with Crippen LogP contribution in [-0.4, -0.2) is 17.0 Å². The van der Waals surface area contributed by atoms with Crippen molar-refractivity contribution in [2.24, 2.45) is 5.84 Å². The molecule has 1 aliphatic rings. The van der Waals surface area contributed by atoms with Crippen molar-refractivity contribution >= 4 is 23.1 Å². The molecule has 2 nitrogen and oxygen atoms in total. The summed E-state index contributed by atoms with van der Waals surface area (Å²) in [6.07, 6.45) is 7.97. The van der Waals surface area contributed by atoms with E-state index in [1.54, 1.807) is 0 Å². The highest BCUT2D eigenvalue weighted by molar-refractivity contribution is 7.99. The first kappa shape index (κ1) is 13.4. The first-order chi connectivity index (χ1) is 8.38. The van der Waals surface area contributed by atoms with Gasteiger partial charge >= 0.3 is 0 Å². The Labute approximate surface area is 112 Å². The van der Waals surface area contributed by atoms with E-state index in [1.165, 1.54) is 30.6 Å². The minimum Gasteiger partial charge on any atom is -0.271 e. The number of thioether (sulfide) groups is 1. The van der Waals surface area contributed by atoms with E-state index in [9.17, 15) is 0 Å². The van der Waals surface area contributed by atoms with Gasteiger partial charge in [-0.25, -0.2) is 0 Å². The van der Waals surface area contributed by atoms with Gasteiger partial charge in [0, 0.05) is 21.9 Å². The first-order valence-electron chi connectivity index (χ1n) is 6.48. The van der Waals surface area contributed by atoms with Crippen LogP contribution < -0.4 is 11.3 Å². The van der Waals surface area contributed by atoms with E-state index < -0.39 is 0 Å². The summed E-state index contributed by atoms with van der Waals surface area (Å²) in [6, 6.07) is 4.79. The van der Waals surface area contributed by atoms with Crippen LogP contribution in [0.5, 0.6) is 0 Å². The summed E-state index contributed by atoms with van der Waals surface area (Å²) in [5, 5.41) is 3.04. The molecule has 2 rings (SSSR count). The molecule has 1 saturated carbocycles. The van der Waals surface area contributed by atoms with Crippen LogP contribution in [0.3, 0.4) is 0 Å². The fourth-order valence-electron chi connectivity index (χ4n) is 2.29. The average Bonchev–Trinajstić information content (AvgIpc) is 3.02. The van der Waals surface area contributed by atoms with Gasteiger partial charge < -0.3 is 0 Å². The Hall–Kier alpha value is -0.0300. The van der Waals surface area contributed by atoms with Gasteiger partial charge in [-0.1, -0.05) is 18.9 Å². The van der Waals surface area contributed by atoms with Gasteiger partial charge in [-0.3, -0.25) is 11.3 Å². The number of rotatable bonds is 7. The second-order valence-corrected chi connectivity index (χ2v) is 7.09. The lowest BCUT2D eigenvalue weighted by Gasteiger charge is -2.17. The molecule has 96 valence electrons. The standard InChI is InChI=1S/C13H22N2S2/c14-15-11(7-8-13-6-3-9-16-13)10-17-12-4-1-2-5-12/h3,6,9,11-12,15H,1-2,4-5,7-8,10,14H2. The van der Waals surface area contributed by atoms with Crippen LogP contribution >= 0.6 is 23.1 Å². The molecule has 1 atom stereocenters. The summed E-state index contributed by atoms with van der Waals surface area (Å²) in [5.74, 6) is 6.80.